The zero-order chi connectivity index (χ0) is 14.2. The minimum Gasteiger partial charge on any atom is -0.391 e. The normalized spacial score (nSPS) is 24.2. The van der Waals surface area contributed by atoms with E-state index in [9.17, 15) is 5.11 Å². The van der Waals surface area contributed by atoms with Gasteiger partial charge < -0.3 is 10.0 Å². The summed E-state index contributed by atoms with van der Waals surface area (Å²) in [5.74, 6) is 0. The molecule has 0 saturated carbocycles. The summed E-state index contributed by atoms with van der Waals surface area (Å²) in [6, 6.07) is 1.18. The average Bonchev–Trinajstić information content (AvgIpc) is 2.90. The van der Waals surface area contributed by atoms with Gasteiger partial charge >= 0.3 is 0 Å². The van der Waals surface area contributed by atoms with E-state index in [4.69, 9.17) is 4.98 Å². The largest absolute Gasteiger partial charge is 0.391 e. The van der Waals surface area contributed by atoms with Crippen LogP contribution in [0.15, 0.2) is 0 Å². The highest BCUT2D eigenvalue weighted by molar-refractivity contribution is 7.15. The van der Waals surface area contributed by atoms with Crippen LogP contribution in [0.1, 0.15) is 64.5 Å². The van der Waals surface area contributed by atoms with E-state index in [0.717, 1.165) is 15.7 Å². The van der Waals surface area contributed by atoms with E-state index in [-0.39, 0.29) is 12.0 Å². The third kappa shape index (κ3) is 2.79. The molecule has 0 radical (unpaired) electrons. The molecule has 0 bridgehead atoms. The number of anilines is 1. The van der Waals surface area contributed by atoms with E-state index in [2.05, 4.69) is 39.5 Å². The molecule has 2 rings (SSSR count). The van der Waals surface area contributed by atoms with Crippen molar-refractivity contribution >= 4 is 16.5 Å². The first-order chi connectivity index (χ1) is 8.88. The molecule has 1 fully saturated rings. The number of rotatable bonds is 3. The molecule has 0 spiro atoms. The van der Waals surface area contributed by atoms with Crippen LogP contribution in [0.5, 0.6) is 0 Å². The topological polar surface area (TPSA) is 36.4 Å². The smallest absolute Gasteiger partial charge is 0.186 e. The lowest BCUT2D eigenvalue weighted by Crippen LogP contribution is -2.34. The summed E-state index contributed by atoms with van der Waals surface area (Å²) >= 11 is 1.67. The summed E-state index contributed by atoms with van der Waals surface area (Å²) in [7, 11) is 0. The Balaban J connectivity index is 2.38. The minimum atomic E-state index is -0.00249. The maximum Gasteiger partial charge on any atom is 0.186 e. The first kappa shape index (κ1) is 14.8. The standard InChI is InChI=1S/C15H26N2OS/c1-6-11-8-7-10(2)17(11)14-16-13(15(3,4)5)12(9-18)19-14/h10-11,18H,6-9H2,1-5H3. The summed E-state index contributed by atoms with van der Waals surface area (Å²) in [6.07, 6.45) is 3.68. The monoisotopic (exact) mass is 282 g/mol. The van der Waals surface area contributed by atoms with Gasteiger partial charge in [-0.15, -0.1) is 0 Å². The zero-order valence-electron chi connectivity index (χ0n) is 12.7. The molecule has 2 heterocycles. The molecule has 1 saturated heterocycles. The van der Waals surface area contributed by atoms with Crippen LogP contribution in [0.2, 0.25) is 0 Å². The van der Waals surface area contributed by atoms with Crippen molar-refractivity contribution in [2.45, 2.75) is 78.0 Å². The van der Waals surface area contributed by atoms with Crippen molar-refractivity contribution in [3.05, 3.63) is 10.6 Å². The van der Waals surface area contributed by atoms with Crippen molar-refractivity contribution in [2.75, 3.05) is 4.90 Å². The van der Waals surface area contributed by atoms with Gasteiger partial charge in [-0.1, -0.05) is 39.0 Å². The van der Waals surface area contributed by atoms with E-state index < -0.39 is 0 Å². The third-order valence-corrected chi connectivity index (χ3v) is 5.07. The Morgan fingerprint density at radius 1 is 1.37 bits per heavy atom. The molecule has 3 nitrogen and oxygen atoms in total. The van der Waals surface area contributed by atoms with E-state index in [0.29, 0.717) is 12.1 Å². The minimum absolute atomic E-state index is 0.00249. The Kier molecular flexibility index (Phi) is 4.21. The number of aliphatic hydroxyl groups excluding tert-OH is 1. The van der Waals surface area contributed by atoms with Crippen molar-refractivity contribution in [1.82, 2.24) is 4.98 Å². The Labute approximate surface area is 120 Å². The fraction of sp³-hybridized carbons (Fsp3) is 0.800. The predicted molar refractivity (Wildman–Crippen MR) is 82.0 cm³/mol. The van der Waals surface area contributed by atoms with Gasteiger partial charge in [-0.05, 0) is 26.2 Å². The average molecular weight is 282 g/mol. The molecule has 1 aliphatic rings. The molecule has 19 heavy (non-hydrogen) atoms. The highest BCUT2D eigenvalue weighted by atomic mass is 32.1. The Morgan fingerprint density at radius 3 is 2.53 bits per heavy atom. The summed E-state index contributed by atoms with van der Waals surface area (Å²) in [5, 5.41) is 10.7. The van der Waals surface area contributed by atoms with Crippen LogP contribution in [0.4, 0.5) is 5.13 Å². The van der Waals surface area contributed by atoms with Gasteiger partial charge in [-0.2, -0.15) is 0 Å². The molecular weight excluding hydrogens is 256 g/mol. The van der Waals surface area contributed by atoms with Crippen LogP contribution in [-0.2, 0) is 12.0 Å². The van der Waals surface area contributed by atoms with Crippen molar-refractivity contribution < 1.29 is 5.11 Å². The second-order valence-corrected chi connectivity index (χ2v) is 7.63. The molecule has 1 aromatic heterocycles. The van der Waals surface area contributed by atoms with Crippen LogP contribution in [0, 0.1) is 0 Å². The van der Waals surface area contributed by atoms with Crippen LogP contribution in [0.3, 0.4) is 0 Å². The van der Waals surface area contributed by atoms with Crippen LogP contribution >= 0.6 is 11.3 Å². The molecule has 0 amide bonds. The fourth-order valence-corrected chi connectivity index (χ4v) is 4.26. The Morgan fingerprint density at radius 2 is 2.05 bits per heavy atom. The van der Waals surface area contributed by atoms with Crippen molar-refractivity contribution in [3.8, 4) is 0 Å². The molecule has 108 valence electrons. The second-order valence-electron chi connectivity index (χ2n) is 6.57. The highest BCUT2D eigenvalue weighted by Gasteiger charge is 2.33. The lowest BCUT2D eigenvalue weighted by Gasteiger charge is -2.27. The first-order valence-electron chi connectivity index (χ1n) is 7.27. The van der Waals surface area contributed by atoms with Gasteiger partial charge in [0.1, 0.15) is 0 Å². The van der Waals surface area contributed by atoms with Gasteiger partial charge in [-0.3, -0.25) is 0 Å². The number of aliphatic hydroxyl groups is 1. The summed E-state index contributed by atoms with van der Waals surface area (Å²) in [6.45, 7) is 11.1. The van der Waals surface area contributed by atoms with Crippen molar-refractivity contribution in [3.63, 3.8) is 0 Å². The van der Waals surface area contributed by atoms with Crippen molar-refractivity contribution in [1.29, 1.82) is 0 Å². The fourth-order valence-electron chi connectivity index (χ4n) is 2.96. The second kappa shape index (κ2) is 5.41. The van der Waals surface area contributed by atoms with Gasteiger partial charge in [0, 0.05) is 17.5 Å². The van der Waals surface area contributed by atoms with Crippen LogP contribution in [0.25, 0.3) is 0 Å². The van der Waals surface area contributed by atoms with Gasteiger partial charge in [0.05, 0.1) is 17.2 Å². The lowest BCUT2D eigenvalue weighted by atomic mass is 9.91. The molecular formula is C15H26N2OS. The lowest BCUT2D eigenvalue weighted by molar-refractivity contribution is 0.282. The molecule has 4 heteroatoms. The molecule has 1 aromatic rings. The summed E-state index contributed by atoms with van der Waals surface area (Å²) in [5.41, 5.74) is 1.06. The van der Waals surface area contributed by atoms with Gasteiger partial charge in [-0.25, -0.2) is 4.98 Å². The SMILES string of the molecule is CCC1CCC(C)N1c1nc(C(C)(C)C)c(CO)s1. The number of nitrogens with zero attached hydrogens (tertiary/aromatic N) is 2. The predicted octanol–water partition coefficient (Wildman–Crippen LogP) is 3.70. The van der Waals surface area contributed by atoms with E-state index in [1.807, 2.05) is 0 Å². The molecule has 1 N–H and O–H groups in total. The molecule has 0 aliphatic carbocycles. The Bertz CT molecular complexity index is 436. The number of hydrogen-bond acceptors (Lipinski definition) is 4. The quantitative estimate of drug-likeness (QED) is 0.918. The number of thiazole rings is 1. The zero-order valence-corrected chi connectivity index (χ0v) is 13.5. The number of hydrogen-bond donors (Lipinski definition) is 1. The first-order valence-corrected chi connectivity index (χ1v) is 8.09. The number of aromatic nitrogens is 1. The molecule has 0 aromatic carbocycles. The van der Waals surface area contributed by atoms with Gasteiger partial charge in [0.25, 0.3) is 0 Å². The van der Waals surface area contributed by atoms with Gasteiger partial charge in [0.2, 0.25) is 0 Å². The van der Waals surface area contributed by atoms with Gasteiger partial charge in [0.15, 0.2) is 5.13 Å². The molecule has 2 atom stereocenters. The Hall–Kier alpha value is -0.610. The maximum absolute atomic E-state index is 9.58. The summed E-state index contributed by atoms with van der Waals surface area (Å²) < 4.78 is 0. The van der Waals surface area contributed by atoms with E-state index >= 15 is 0 Å². The van der Waals surface area contributed by atoms with E-state index in [1.165, 1.54) is 19.3 Å². The maximum atomic E-state index is 9.58. The van der Waals surface area contributed by atoms with Crippen molar-refractivity contribution in [2.24, 2.45) is 0 Å². The molecule has 2 unspecified atom stereocenters. The summed E-state index contributed by atoms with van der Waals surface area (Å²) in [4.78, 5) is 8.36. The molecule has 1 aliphatic heterocycles. The van der Waals surface area contributed by atoms with Crippen LogP contribution in [-0.4, -0.2) is 22.2 Å². The van der Waals surface area contributed by atoms with E-state index in [1.54, 1.807) is 11.3 Å². The third-order valence-electron chi connectivity index (χ3n) is 4.02. The highest BCUT2D eigenvalue weighted by Crippen LogP contribution is 2.39. The van der Waals surface area contributed by atoms with Crippen LogP contribution < -0.4 is 4.90 Å².